The van der Waals surface area contributed by atoms with E-state index in [2.05, 4.69) is 16.0 Å². The van der Waals surface area contributed by atoms with E-state index in [1.54, 1.807) is 32.9 Å². The number of carbonyl (C=O) groups is 4. The first-order valence-electron chi connectivity index (χ1n) is 15.5. The van der Waals surface area contributed by atoms with Crippen LogP contribution in [0.15, 0.2) is 85.0 Å². The van der Waals surface area contributed by atoms with Gasteiger partial charge in [-0.3, -0.25) is 9.59 Å². The van der Waals surface area contributed by atoms with Crippen molar-refractivity contribution in [1.82, 2.24) is 20.9 Å². The van der Waals surface area contributed by atoms with Gasteiger partial charge in [0.25, 0.3) is 0 Å². The quantitative estimate of drug-likeness (QED) is 0.155. The lowest BCUT2D eigenvalue weighted by Crippen LogP contribution is -2.51. The molecule has 45 heavy (non-hydrogen) atoms. The number of allylic oxidation sites excluding steroid dienone is 2. The summed E-state index contributed by atoms with van der Waals surface area (Å²) in [7, 11) is 0. The molecule has 0 unspecified atom stereocenters. The van der Waals surface area contributed by atoms with Crippen molar-refractivity contribution in [3.05, 3.63) is 96.1 Å². The zero-order chi connectivity index (χ0) is 32.5. The van der Waals surface area contributed by atoms with Gasteiger partial charge < -0.3 is 30.3 Å². The summed E-state index contributed by atoms with van der Waals surface area (Å²) in [5.74, 6) is -0.421. The highest BCUT2D eigenvalue weighted by Crippen LogP contribution is 2.11. The molecule has 10 heteroatoms. The molecule has 1 fully saturated rings. The first kappa shape index (κ1) is 34.9. The van der Waals surface area contributed by atoms with Gasteiger partial charge in [-0.1, -0.05) is 78.9 Å². The Kier molecular flexibility index (Phi) is 14.2. The van der Waals surface area contributed by atoms with Crippen LogP contribution < -0.4 is 16.0 Å². The van der Waals surface area contributed by atoms with Gasteiger partial charge in [0.15, 0.2) is 0 Å². The Balaban J connectivity index is 1.61. The number of amides is 4. The molecule has 2 aromatic rings. The van der Waals surface area contributed by atoms with Crippen molar-refractivity contribution in [1.29, 1.82) is 0 Å². The lowest BCUT2D eigenvalue weighted by atomic mass is 10.0. The van der Waals surface area contributed by atoms with Crippen molar-refractivity contribution in [2.45, 2.75) is 77.2 Å². The SMILES string of the molecule is CC(C)(C)OC(=O)N[C@@H](CCCNC(=O)OCc1ccccc1)C(=O)N[C@H](/C=C/C=C/C(=O)N1CCCC1)Cc1ccccc1. The summed E-state index contributed by atoms with van der Waals surface area (Å²) < 4.78 is 10.6. The number of benzene rings is 2. The predicted octanol–water partition coefficient (Wildman–Crippen LogP) is 5.05. The van der Waals surface area contributed by atoms with Gasteiger partial charge in [0, 0.05) is 25.7 Å². The average molecular weight is 619 g/mol. The van der Waals surface area contributed by atoms with Crippen LogP contribution in [0.4, 0.5) is 9.59 Å². The summed E-state index contributed by atoms with van der Waals surface area (Å²) in [5, 5.41) is 8.40. The molecule has 0 aliphatic carbocycles. The van der Waals surface area contributed by atoms with Gasteiger partial charge >= 0.3 is 12.2 Å². The van der Waals surface area contributed by atoms with E-state index < -0.39 is 35.8 Å². The topological polar surface area (TPSA) is 126 Å². The molecule has 242 valence electrons. The van der Waals surface area contributed by atoms with Crippen LogP contribution in [0.1, 0.15) is 57.6 Å². The number of ether oxygens (including phenoxy) is 2. The van der Waals surface area contributed by atoms with Crippen LogP contribution in [0.25, 0.3) is 0 Å². The van der Waals surface area contributed by atoms with Crippen LogP contribution in [-0.2, 0) is 32.1 Å². The molecule has 3 N–H and O–H groups in total. The zero-order valence-electron chi connectivity index (χ0n) is 26.5. The maximum Gasteiger partial charge on any atom is 0.408 e. The van der Waals surface area contributed by atoms with E-state index in [9.17, 15) is 19.2 Å². The Morgan fingerprint density at radius 1 is 0.867 bits per heavy atom. The molecule has 1 aliphatic rings. The van der Waals surface area contributed by atoms with E-state index in [4.69, 9.17) is 9.47 Å². The summed E-state index contributed by atoms with van der Waals surface area (Å²) >= 11 is 0. The van der Waals surface area contributed by atoms with Gasteiger partial charge in [-0.2, -0.15) is 0 Å². The molecule has 2 aromatic carbocycles. The fraction of sp³-hybridized carbons (Fsp3) is 0.429. The van der Waals surface area contributed by atoms with Crippen LogP contribution in [0.3, 0.4) is 0 Å². The average Bonchev–Trinajstić information content (AvgIpc) is 3.55. The standard InChI is InChI=1S/C35H46N4O6/c1-35(2,3)45-34(43)38-30(20-14-22-36-33(42)44-26-28-17-8-5-9-18-28)32(41)37-29(25-27-15-6-4-7-16-27)19-10-11-21-31(40)39-23-12-13-24-39/h4-11,15-19,21,29-30H,12-14,20,22-26H2,1-3H3,(H,36,42)(H,37,41)(H,38,43)/b19-10+,21-11+/t29-,30+/m1/s1. The number of nitrogens with one attached hydrogen (secondary N) is 3. The van der Waals surface area contributed by atoms with Crippen LogP contribution >= 0.6 is 0 Å². The van der Waals surface area contributed by atoms with Crippen LogP contribution in [0, 0.1) is 0 Å². The van der Waals surface area contributed by atoms with E-state index in [1.165, 1.54) is 6.08 Å². The van der Waals surface area contributed by atoms with E-state index >= 15 is 0 Å². The molecular formula is C35H46N4O6. The number of rotatable bonds is 14. The molecule has 0 saturated carbocycles. The Hall–Kier alpha value is -4.60. The summed E-state index contributed by atoms with van der Waals surface area (Å²) in [6, 6.07) is 17.7. The summed E-state index contributed by atoms with van der Waals surface area (Å²) in [6.45, 7) is 7.18. The van der Waals surface area contributed by atoms with E-state index in [0.717, 1.165) is 37.1 Å². The van der Waals surface area contributed by atoms with Crippen molar-refractivity contribution >= 4 is 24.0 Å². The molecule has 0 radical (unpaired) electrons. The third-order valence-electron chi connectivity index (χ3n) is 6.90. The molecule has 10 nitrogen and oxygen atoms in total. The Labute approximate surface area is 266 Å². The second-order valence-electron chi connectivity index (χ2n) is 11.9. The van der Waals surface area contributed by atoms with Crippen LogP contribution in [-0.4, -0.2) is 66.2 Å². The van der Waals surface area contributed by atoms with Crippen molar-refractivity contribution < 1.29 is 28.7 Å². The van der Waals surface area contributed by atoms with Gasteiger partial charge in [-0.05, 0) is 64.0 Å². The van der Waals surface area contributed by atoms with Crippen molar-refractivity contribution in [2.24, 2.45) is 0 Å². The fourth-order valence-electron chi connectivity index (χ4n) is 4.69. The zero-order valence-corrected chi connectivity index (χ0v) is 26.5. The van der Waals surface area contributed by atoms with E-state index in [-0.39, 0.29) is 25.5 Å². The number of carbonyl (C=O) groups excluding carboxylic acids is 4. The van der Waals surface area contributed by atoms with Gasteiger partial charge in [-0.15, -0.1) is 0 Å². The molecular weight excluding hydrogens is 572 g/mol. The van der Waals surface area contributed by atoms with Gasteiger partial charge in [0.1, 0.15) is 18.2 Å². The molecule has 1 heterocycles. The maximum absolute atomic E-state index is 13.5. The third kappa shape index (κ3) is 14.2. The van der Waals surface area contributed by atoms with Crippen LogP contribution in [0.5, 0.6) is 0 Å². The first-order valence-corrected chi connectivity index (χ1v) is 15.5. The Bertz CT molecular complexity index is 1280. The minimum absolute atomic E-state index is 0.0278. The second-order valence-corrected chi connectivity index (χ2v) is 11.9. The highest BCUT2D eigenvalue weighted by molar-refractivity contribution is 5.88. The number of nitrogens with zero attached hydrogens (tertiary/aromatic N) is 1. The first-order chi connectivity index (χ1) is 21.6. The van der Waals surface area contributed by atoms with E-state index in [1.807, 2.05) is 71.6 Å². The number of alkyl carbamates (subject to hydrolysis) is 2. The third-order valence-corrected chi connectivity index (χ3v) is 6.90. The molecule has 0 aromatic heterocycles. The Morgan fingerprint density at radius 3 is 2.16 bits per heavy atom. The van der Waals surface area contributed by atoms with Gasteiger partial charge in [0.05, 0.1) is 6.04 Å². The predicted molar refractivity (Wildman–Crippen MR) is 173 cm³/mol. The lowest BCUT2D eigenvalue weighted by molar-refractivity contribution is -0.125. The van der Waals surface area contributed by atoms with E-state index in [0.29, 0.717) is 12.8 Å². The smallest absolute Gasteiger partial charge is 0.408 e. The summed E-state index contributed by atoms with van der Waals surface area (Å²) in [4.78, 5) is 52.5. The lowest BCUT2D eigenvalue weighted by Gasteiger charge is -2.25. The monoisotopic (exact) mass is 618 g/mol. The minimum atomic E-state index is -0.916. The number of likely N-dealkylation sites (tertiary alicyclic amines) is 1. The minimum Gasteiger partial charge on any atom is -0.445 e. The van der Waals surface area contributed by atoms with Crippen LogP contribution in [0.2, 0.25) is 0 Å². The molecule has 1 saturated heterocycles. The van der Waals surface area contributed by atoms with Crippen molar-refractivity contribution in [2.75, 3.05) is 19.6 Å². The van der Waals surface area contributed by atoms with Crippen molar-refractivity contribution in [3.63, 3.8) is 0 Å². The summed E-state index contributed by atoms with van der Waals surface area (Å²) in [6.07, 6.45) is 8.71. The molecule has 2 atom stereocenters. The molecule has 0 bridgehead atoms. The van der Waals surface area contributed by atoms with Gasteiger partial charge in [-0.25, -0.2) is 9.59 Å². The highest BCUT2D eigenvalue weighted by Gasteiger charge is 2.25. The fourth-order valence-corrected chi connectivity index (χ4v) is 4.69. The Morgan fingerprint density at radius 2 is 1.51 bits per heavy atom. The number of hydrogen-bond donors (Lipinski definition) is 3. The molecule has 3 rings (SSSR count). The largest absolute Gasteiger partial charge is 0.445 e. The molecule has 0 spiro atoms. The van der Waals surface area contributed by atoms with Crippen molar-refractivity contribution in [3.8, 4) is 0 Å². The highest BCUT2D eigenvalue weighted by atomic mass is 16.6. The molecule has 1 aliphatic heterocycles. The number of hydrogen-bond acceptors (Lipinski definition) is 6. The summed E-state index contributed by atoms with van der Waals surface area (Å²) in [5.41, 5.74) is 1.14. The second kappa shape index (κ2) is 18.3. The van der Waals surface area contributed by atoms with Gasteiger partial charge in [0.2, 0.25) is 11.8 Å². The normalized spacial score (nSPS) is 14.6. The molecule has 4 amide bonds. The maximum atomic E-state index is 13.5.